The predicted molar refractivity (Wildman–Crippen MR) is 131 cm³/mol. The summed E-state index contributed by atoms with van der Waals surface area (Å²) in [5, 5.41) is 0. The van der Waals surface area contributed by atoms with Gasteiger partial charge in [0.05, 0.1) is 29.7 Å². The fourth-order valence-corrected chi connectivity index (χ4v) is 5.22. The molecule has 5 heteroatoms. The molecule has 2 saturated heterocycles. The van der Waals surface area contributed by atoms with E-state index in [4.69, 9.17) is 4.98 Å². The molecule has 2 unspecified atom stereocenters. The molecule has 0 saturated carbocycles. The van der Waals surface area contributed by atoms with Crippen LogP contribution in [-0.4, -0.2) is 46.5 Å². The van der Waals surface area contributed by atoms with E-state index >= 15 is 0 Å². The highest BCUT2D eigenvalue weighted by molar-refractivity contribution is 5.82. The van der Waals surface area contributed by atoms with Gasteiger partial charge < -0.3 is 9.80 Å². The SMILES string of the molecule is O=C(Cc1ccccc1-c1ccccc1)N1CCC2CN(c3cnc4ccccc4n3)C2C1. The largest absolute Gasteiger partial charge is 0.350 e. The summed E-state index contributed by atoms with van der Waals surface area (Å²) in [7, 11) is 0. The summed E-state index contributed by atoms with van der Waals surface area (Å²) >= 11 is 0. The third-order valence-electron chi connectivity index (χ3n) is 7.08. The fourth-order valence-electron chi connectivity index (χ4n) is 5.22. The molecule has 2 atom stereocenters. The lowest BCUT2D eigenvalue weighted by molar-refractivity contribution is -0.132. The van der Waals surface area contributed by atoms with Crippen molar-refractivity contribution in [1.29, 1.82) is 0 Å². The van der Waals surface area contributed by atoms with Crippen LogP contribution in [0.15, 0.2) is 85.1 Å². The molecule has 3 aromatic carbocycles. The molecule has 6 rings (SSSR count). The number of para-hydroxylation sites is 2. The second kappa shape index (κ2) is 8.32. The quantitative estimate of drug-likeness (QED) is 0.472. The van der Waals surface area contributed by atoms with Crippen LogP contribution in [0, 0.1) is 5.92 Å². The van der Waals surface area contributed by atoms with Gasteiger partial charge in [-0.1, -0.05) is 66.7 Å². The molecule has 1 amide bonds. The first-order chi connectivity index (χ1) is 16.3. The van der Waals surface area contributed by atoms with Crippen LogP contribution in [0.1, 0.15) is 12.0 Å². The number of hydrogen-bond acceptors (Lipinski definition) is 4. The third kappa shape index (κ3) is 3.74. The van der Waals surface area contributed by atoms with Gasteiger partial charge in [-0.05, 0) is 35.2 Å². The molecule has 5 nitrogen and oxygen atoms in total. The maximum absolute atomic E-state index is 13.3. The Hall–Kier alpha value is -3.73. The van der Waals surface area contributed by atoms with Gasteiger partial charge in [-0.3, -0.25) is 9.78 Å². The second-order valence-corrected chi connectivity index (χ2v) is 9.03. The van der Waals surface area contributed by atoms with Crippen molar-refractivity contribution < 1.29 is 4.79 Å². The van der Waals surface area contributed by atoms with Crippen molar-refractivity contribution in [2.75, 3.05) is 24.5 Å². The minimum atomic E-state index is 0.202. The molecular formula is C28H26N4O. The van der Waals surface area contributed by atoms with E-state index in [1.165, 1.54) is 0 Å². The smallest absolute Gasteiger partial charge is 0.227 e. The Labute approximate surface area is 193 Å². The van der Waals surface area contributed by atoms with Crippen LogP contribution in [0.25, 0.3) is 22.2 Å². The molecule has 0 bridgehead atoms. The molecule has 2 aliphatic rings. The molecule has 4 aromatic rings. The molecule has 1 aromatic heterocycles. The maximum Gasteiger partial charge on any atom is 0.227 e. The molecule has 3 heterocycles. The summed E-state index contributed by atoms with van der Waals surface area (Å²) in [4.78, 5) is 27.1. The molecule has 33 heavy (non-hydrogen) atoms. The summed E-state index contributed by atoms with van der Waals surface area (Å²) < 4.78 is 0. The number of benzene rings is 3. The lowest BCUT2D eigenvalue weighted by Gasteiger charge is -2.54. The van der Waals surface area contributed by atoms with Crippen molar-refractivity contribution in [3.8, 4) is 11.1 Å². The van der Waals surface area contributed by atoms with Crippen molar-refractivity contribution in [1.82, 2.24) is 14.9 Å². The summed E-state index contributed by atoms with van der Waals surface area (Å²) in [6.07, 6.45) is 3.35. The molecule has 0 spiro atoms. The van der Waals surface area contributed by atoms with Crippen molar-refractivity contribution in [3.63, 3.8) is 0 Å². The van der Waals surface area contributed by atoms with Crippen LogP contribution in [-0.2, 0) is 11.2 Å². The number of aromatic nitrogens is 2. The van der Waals surface area contributed by atoms with E-state index in [0.717, 1.165) is 59.6 Å². The molecule has 2 fully saturated rings. The number of anilines is 1. The Kier molecular flexibility index (Phi) is 5.02. The topological polar surface area (TPSA) is 49.3 Å². The molecule has 0 N–H and O–H groups in total. The van der Waals surface area contributed by atoms with E-state index < -0.39 is 0 Å². The van der Waals surface area contributed by atoms with Gasteiger partial charge in [0.25, 0.3) is 0 Å². The molecule has 0 radical (unpaired) electrons. The fraction of sp³-hybridized carbons (Fsp3) is 0.250. The molecular weight excluding hydrogens is 408 g/mol. The van der Waals surface area contributed by atoms with Crippen LogP contribution in [0.3, 0.4) is 0 Å². The normalized spacial score (nSPS) is 19.8. The molecule has 0 aliphatic carbocycles. The standard InChI is InChI=1S/C28H26N4O/c33-28(16-21-10-4-5-11-23(21)20-8-2-1-3-9-20)31-15-14-22-18-32(26(22)19-31)27-17-29-24-12-6-7-13-25(24)30-27/h1-13,17,22,26H,14-16,18-19H2. The van der Waals surface area contributed by atoms with Gasteiger partial charge in [0.15, 0.2) is 0 Å². The number of likely N-dealkylation sites (tertiary alicyclic amines) is 1. The minimum absolute atomic E-state index is 0.202. The first-order valence-electron chi connectivity index (χ1n) is 11.7. The van der Waals surface area contributed by atoms with Crippen molar-refractivity contribution in [2.24, 2.45) is 5.92 Å². The summed E-state index contributed by atoms with van der Waals surface area (Å²) in [5.41, 5.74) is 5.20. The monoisotopic (exact) mass is 434 g/mol. The van der Waals surface area contributed by atoms with Gasteiger partial charge in [0.2, 0.25) is 5.91 Å². The van der Waals surface area contributed by atoms with Gasteiger partial charge in [0.1, 0.15) is 5.82 Å². The van der Waals surface area contributed by atoms with Crippen LogP contribution in [0.4, 0.5) is 5.82 Å². The van der Waals surface area contributed by atoms with Gasteiger partial charge in [0, 0.05) is 25.6 Å². The number of carbonyl (C=O) groups excluding carboxylic acids is 1. The zero-order chi connectivity index (χ0) is 22.2. The van der Waals surface area contributed by atoms with Crippen LogP contribution in [0.5, 0.6) is 0 Å². The summed E-state index contributed by atoms with van der Waals surface area (Å²) in [6, 6.07) is 26.8. The van der Waals surface area contributed by atoms with Crippen molar-refractivity contribution >= 4 is 22.8 Å². The lowest BCUT2D eigenvalue weighted by atomic mass is 9.82. The van der Waals surface area contributed by atoms with Gasteiger partial charge in [-0.25, -0.2) is 4.98 Å². The predicted octanol–water partition coefficient (Wildman–Crippen LogP) is 4.58. The number of amides is 1. The molecule has 164 valence electrons. The van der Waals surface area contributed by atoms with Crippen molar-refractivity contribution in [3.05, 3.63) is 90.6 Å². The van der Waals surface area contributed by atoms with Crippen LogP contribution in [0.2, 0.25) is 0 Å². The minimum Gasteiger partial charge on any atom is -0.350 e. The van der Waals surface area contributed by atoms with E-state index in [-0.39, 0.29) is 5.91 Å². The zero-order valence-corrected chi connectivity index (χ0v) is 18.5. The second-order valence-electron chi connectivity index (χ2n) is 9.03. The average molecular weight is 435 g/mol. The lowest BCUT2D eigenvalue weighted by Crippen LogP contribution is -2.65. The number of carbonyl (C=O) groups is 1. The van der Waals surface area contributed by atoms with E-state index in [2.05, 4.69) is 34.1 Å². The zero-order valence-electron chi connectivity index (χ0n) is 18.5. The Bertz CT molecular complexity index is 1310. The van der Waals surface area contributed by atoms with Gasteiger partial charge >= 0.3 is 0 Å². The van der Waals surface area contributed by atoms with E-state index in [1.807, 2.05) is 65.7 Å². The number of nitrogens with zero attached hydrogens (tertiary/aromatic N) is 4. The Morgan fingerprint density at radius 3 is 2.52 bits per heavy atom. The number of rotatable bonds is 4. The Morgan fingerprint density at radius 2 is 1.64 bits per heavy atom. The Morgan fingerprint density at radius 1 is 0.879 bits per heavy atom. The first-order valence-corrected chi connectivity index (χ1v) is 11.7. The number of piperidine rings is 1. The number of hydrogen-bond donors (Lipinski definition) is 0. The highest BCUT2D eigenvalue weighted by atomic mass is 16.2. The Balaban J connectivity index is 1.18. The van der Waals surface area contributed by atoms with Crippen LogP contribution < -0.4 is 4.90 Å². The maximum atomic E-state index is 13.3. The molecule has 2 aliphatic heterocycles. The first kappa shape index (κ1) is 19.9. The van der Waals surface area contributed by atoms with Crippen molar-refractivity contribution in [2.45, 2.75) is 18.9 Å². The van der Waals surface area contributed by atoms with E-state index in [0.29, 0.717) is 18.4 Å². The summed E-state index contributed by atoms with van der Waals surface area (Å²) in [6.45, 7) is 2.59. The van der Waals surface area contributed by atoms with Gasteiger partial charge in [-0.15, -0.1) is 0 Å². The van der Waals surface area contributed by atoms with Crippen LogP contribution >= 0.6 is 0 Å². The van der Waals surface area contributed by atoms with E-state index in [9.17, 15) is 4.79 Å². The highest BCUT2D eigenvalue weighted by Crippen LogP contribution is 2.36. The highest BCUT2D eigenvalue weighted by Gasteiger charge is 2.44. The number of fused-ring (bicyclic) bond motifs is 2. The average Bonchev–Trinajstić information content (AvgIpc) is 2.85. The van der Waals surface area contributed by atoms with Gasteiger partial charge in [-0.2, -0.15) is 0 Å². The van der Waals surface area contributed by atoms with E-state index in [1.54, 1.807) is 0 Å². The summed E-state index contributed by atoms with van der Waals surface area (Å²) in [5.74, 6) is 1.74. The third-order valence-corrected chi connectivity index (χ3v) is 7.08.